The lowest BCUT2D eigenvalue weighted by Gasteiger charge is -2.38. The van der Waals surface area contributed by atoms with Gasteiger partial charge in [-0.2, -0.15) is 0 Å². The molecule has 33 heavy (non-hydrogen) atoms. The molecule has 2 aromatic carbocycles. The third kappa shape index (κ3) is 4.84. The summed E-state index contributed by atoms with van der Waals surface area (Å²) in [6, 6.07) is 16.0. The van der Waals surface area contributed by atoms with Gasteiger partial charge in [-0.05, 0) is 96.7 Å². The van der Waals surface area contributed by atoms with Gasteiger partial charge in [0.25, 0.3) is 0 Å². The number of aromatic nitrogens is 2. The summed E-state index contributed by atoms with van der Waals surface area (Å²) in [7, 11) is 0. The molecule has 3 heterocycles. The van der Waals surface area contributed by atoms with Crippen molar-refractivity contribution in [2.24, 2.45) is 5.92 Å². The first-order valence-electron chi connectivity index (χ1n) is 12.7. The quantitative estimate of drug-likeness (QED) is 0.545. The van der Waals surface area contributed by atoms with Crippen LogP contribution in [0.15, 0.2) is 47.1 Å². The van der Waals surface area contributed by atoms with Crippen LogP contribution in [0, 0.1) is 5.92 Å². The summed E-state index contributed by atoms with van der Waals surface area (Å²) in [5.74, 6) is 0.754. The number of ether oxygens (including phenoxy) is 1. The number of fused-ring (bicyclic) bond motifs is 2. The lowest BCUT2D eigenvalue weighted by Crippen LogP contribution is -2.44. The highest BCUT2D eigenvalue weighted by atomic mass is 16.6. The van der Waals surface area contributed by atoms with Crippen LogP contribution in [0.4, 0.5) is 0 Å². The molecule has 174 valence electrons. The lowest BCUT2D eigenvalue weighted by molar-refractivity contribution is 0.0542. The lowest BCUT2D eigenvalue weighted by atomic mass is 9.94. The number of nitrogens with zero attached hydrogens (tertiary/aromatic N) is 4. The van der Waals surface area contributed by atoms with Crippen LogP contribution >= 0.6 is 0 Å². The Morgan fingerprint density at radius 3 is 2.45 bits per heavy atom. The molecule has 0 bridgehead atoms. The zero-order chi connectivity index (χ0) is 22.0. The zero-order valence-corrected chi connectivity index (χ0v) is 19.4. The third-order valence-corrected chi connectivity index (χ3v) is 7.92. The Labute approximate surface area is 195 Å². The Morgan fingerprint density at radius 2 is 1.70 bits per heavy atom. The molecule has 0 unspecified atom stereocenters. The van der Waals surface area contributed by atoms with Gasteiger partial charge >= 0.3 is 0 Å². The van der Waals surface area contributed by atoms with Crippen LogP contribution < -0.4 is 0 Å². The van der Waals surface area contributed by atoms with Crippen molar-refractivity contribution in [3.63, 3.8) is 0 Å². The summed E-state index contributed by atoms with van der Waals surface area (Å²) in [6.07, 6.45) is 7.79. The fourth-order valence-electron chi connectivity index (χ4n) is 6.12. The normalized spacial score (nSPS) is 22.5. The Morgan fingerprint density at radius 1 is 0.909 bits per heavy atom. The van der Waals surface area contributed by atoms with E-state index < -0.39 is 0 Å². The van der Waals surface area contributed by atoms with E-state index in [0.29, 0.717) is 12.1 Å². The van der Waals surface area contributed by atoms with E-state index in [-0.39, 0.29) is 0 Å². The Bertz CT molecular complexity index is 1040. The molecule has 1 aliphatic carbocycles. The number of likely N-dealkylation sites (tertiary alicyclic amines) is 1. The van der Waals surface area contributed by atoms with Gasteiger partial charge in [-0.3, -0.25) is 9.80 Å². The van der Waals surface area contributed by atoms with Crippen molar-refractivity contribution < 1.29 is 9.37 Å². The molecule has 3 aliphatic rings. The van der Waals surface area contributed by atoms with Gasteiger partial charge in [-0.1, -0.05) is 30.3 Å². The average molecular weight is 447 g/mol. The van der Waals surface area contributed by atoms with Gasteiger partial charge in [0.2, 0.25) is 0 Å². The van der Waals surface area contributed by atoms with Crippen LogP contribution in [0.1, 0.15) is 42.4 Å². The summed E-state index contributed by atoms with van der Waals surface area (Å²) in [6.45, 7) is 6.47. The molecular weight excluding hydrogens is 412 g/mol. The molecule has 6 rings (SSSR count). The summed E-state index contributed by atoms with van der Waals surface area (Å²) in [4.78, 5) is 5.38. The molecule has 0 spiro atoms. The van der Waals surface area contributed by atoms with Crippen LogP contribution in [-0.4, -0.2) is 65.0 Å². The van der Waals surface area contributed by atoms with E-state index in [1.165, 1.54) is 57.2 Å². The van der Waals surface area contributed by atoms with Gasteiger partial charge in [-0.25, -0.2) is 4.63 Å². The monoisotopic (exact) mass is 446 g/mol. The van der Waals surface area contributed by atoms with Crippen molar-refractivity contribution in [3.8, 4) is 0 Å². The number of piperidine rings is 1. The summed E-state index contributed by atoms with van der Waals surface area (Å²) in [5.41, 5.74) is 6.07. The average Bonchev–Trinajstić information content (AvgIpc) is 3.60. The Balaban J connectivity index is 1.07. The summed E-state index contributed by atoms with van der Waals surface area (Å²) in [5, 5.41) is 7.98. The molecule has 2 saturated heterocycles. The summed E-state index contributed by atoms with van der Waals surface area (Å²) < 4.78 is 10.9. The predicted molar refractivity (Wildman–Crippen MR) is 128 cm³/mol. The second kappa shape index (κ2) is 9.53. The van der Waals surface area contributed by atoms with Crippen molar-refractivity contribution in [2.45, 2.75) is 57.2 Å². The number of hydrogen-bond donors (Lipinski definition) is 0. The predicted octanol–water partition coefficient (Wildman–Crippen LogP) is 4.08. The highest BCUT2D eigenvalue weighted by Gasteiger charge is 2.31. The van der Waals surface area contributed by atoms with Crippen LogP contribution in [0.25, 0.3) is 11.0 Å². The molecule has 6 nitrogen and oxygen atoms in total. The maximum atomic E-state index is 6.00. The van der Waals surface area contributed by atoms with Crippen molar-refractivity contribution in [2.75, 3.05) is 32.8 Å². The van der Waals surface area contributed by atoms with E-state index in [1.807, 2.05) is 6.07 Å². The van der Waals surface area contributed by atoms with E-state index in [9.17, 15) is 0 Å². The minimum Gasteiger partial charge on any atom is -0.377 e. The van der Waals surface area contributed by atoms with Crippen LogP contribution in [0.2, 0.25) is 0 Å². The smallest absolute Gasteiger partial charge is 0.135 e. The highest BCUT2D eigenvalue weighted by Crippen LogP contribution is 2.29. The SMILES string of the molecule is c1ccc2c(c1)CC(N1CCC(CN(Cc3ccc4nonc4c3)C[C@H]3CCCO3)CC1)C2. The van der Waals surface area contributed by atoms with E-state index in [0.717, 1.165) is 43.2 Å². The van der Waals surface area contributed by atoms with Gasteiger partial charge in [0.15, 0.2) is 0 Å². The maximum absolute atomic E-state index is 6.00. The van der Waals surface area contributed by atoms with Gasteiger partial charge in [0.05, 0.1) is 6.10 Å². The van der Waals surface area contributed by atoms with Crippen LogP contribution in [-0.2, 0) is 24.1 Å². The first-order valence-corrected chi connectivity index (χ1v) is 12.7. The Kier molecular flexibility index (Phi) is 6.14. The minimum absolute atomic E-state index is 0.375. The van der Waals surface area contributed by atoms with Gasteiger partial charge in [-0.15, -0.1) is 0 Å². The number of hydrogen-bond acceptors (Lipinski definition) is 6. The highest BCUT2D eigenvalue weighted by molar-refractivity contribution is 5.73. The molecule has 2 aliphatic heterocycles. The Hall–Kier alpha value is -2.28. The second-order valence-electron chi connectivity index (χ2n) is 10.2. The third-order valence-electron chi connectivity index (χ3n) is 7.92. The van der Waals surface area contributed by atoms with Crippen LogP contribution in [0.5, 0.6) is 0 Å². The van der Waals surface area contributed by atoms with Crippen molar-refractivity contribution >= 4 is 11.0 Å². The van der Waals surface area contributed by atoms with E-state index >= 15 is 0 Å². The molecule has 2 fully saturated rings. The molecule has 6 heteroatoms. The molecule has 1 aromatic heterocycles. The zero-order valence-electron chi connectivity index (χ0n) is 19.4. The number of rotatable bonds is 7. The summed E-state index contributed by atoms with van der Waals surface area (Å²) >= 11 is 0. The van der Waals surface area contributed by atoms with E-state index in [4.69, 9.17) is 9.37 Å². The number of benzene rings is 2. The molecule has 0 N–H and O–H groups in total. The second-order valence-corrected chi connectivity index (χ2v) is 10.2. The van der Waals surface area contributed by atoms with Crippen molar-refractivity contribution in [3.05, 3.63) is 59.2 Å². The van der Waals surface area contributed by atoms with Crippen molar-refractivity contribution in [1.29, 1.82) is 0 Å². The molecule has 3 aromatic rings. The van der Waals surface area contributed by atoms with E-state index in [1.54, 1.807) is 11.1 Å². The first kappa shape index (κ1) is 21.3. The molecule has 0 amide bonds. The van der Waals surface area contributed by atoms with Gasteiger partial charge < -0.3 is 4.74 Å². The molecule has 0 radical (unpaired) electrons. The minimum atomic E-state index is 0.375. The first-order chi connectivity index (χ1) is 16.3. The molecule has 0 saturated carbocycles. The fraction of sp³-hybridized carbons (Fsp3) is 0.556. The van der Waals surface area contributed by atoms with E-state index in [2.05, 4.69) is 56.5 Å². The van der Waals surface area contributed by atoms with Gasteiger partial charge in [0, 0.05) is 32.3 Å². The largest absolute Gasteiger partial charge is 0.377 e. The fourth-order valence-corrected chi connectivity index (χ4v) is 6.12. The van der Waals surface area contributed by atoms with Crippen LogP contribution in [0.3, 0.4) is 0 Å². The molecular formula is C27H34N4O2. The van der Waals surface area contributed by atoms with Crippen molar-refractivity contribution in [1.82, 2.24) is 20.1 Å². The standard InChI is InChI=1S/C27H34N4O2/c1-2-5-23-16-24(15-22(23)4-1)31-11-9-20(10-12-31)17-30(19-25-6-3-13-32-25)18-21-7-8-26-27(14-21)29-33-28-26/h1-2,4-5,7-8,14,20,24-25H,3,6,9-13,15-19H2/t25-/m1/s1. The van der Waals surface area contributed by atoms with Gasteiger partial charge in [0.1, 0.15) is 11.0 Å². The topological polar surface area (TPSA) is 54.6 Å². The maximum Gasteiger partial charge on any atom is 0.135 e. The molecule has 1 atom stereocenters.